The number of nitrogens with zero attached hydrogens (tertiary/aromatic N) is 2. The third-order valence-electron chi connectivity index (χ3n) is 1.72. The SMILES string of the molecule is O=[N+]([O-])c1ccn2cccc2c1. The van der Waals surface area contributed by atoms with Crippen LogP contribution in [-0.2, 0) is 0 Å². The van der Waals surface area contributed by atoms with Gasteiger partial charge in [-0.05, 0) is 12.1 Å². The van der Waals surface area contributed by atoms with Gasteiger partial charge in [-0.15, -0.1) is 0 Å². The van der Waals surface area contributed by atoms with Crippen LogP contribution >= 0.6 is 0 Å². The summed E-state index contributed by atoms with van der Waals surface area (Å²) in [6.07, 6.45) is 3.52. The first kappa shape index (κ1) is 6.84. The Morgan fingerprint density at radius 2 is 2.17 bits per heavy atom. The maximum atomic E-state index is 10.4. The summed E-state index contributed by atoms with van der Waals surface area (Å²) in [6, 6.07) is 6.69. The molecule has 2 heterocycles. The molecule has 0 aromatic carbocycles. The minimum absolute atomic E-state index is 0.126. The van der Waals surface area contributed by atoms with E-state index in [0.29, 0.717) is 0 Å². The molecule has 0 unspecified atom stereocenters. The van der Waals surface area contributed by atoms with Gasteiger partial charge in [0.2, 0.25) is 0 Å². The predicted molar refractivity (Wildman–Crippen MR) is 44.1 cm³/mol. The first-order chi connectivity index (χ1) is 5.77. The standard InChI is InChI=1S/C8H6N2O2/c11-10(12)8-3-5-9-4-1-2-7(9)6-8/h1-6H. The van der Waals surface area contributed by atoms with Crippen LogP contribution in [0, 0.1) is 10.1 Å². The Kier molecular flexibility index (Phi) is 1.33. The van der Waals surface area contributed by atoms with E-state index in [2.05, 4.69) is 0 Å². The summed E-state index contributed by atoms with van der Waals surface area (Å²) in [5, 5.41) is 10.4. The molecule has 2 aromatic rings. The van der Waals surface area contributed by atoms with Gasteiger partial charge in [0.15, 0.2) is 0 Å². The number of rotatable bonds is 1. The summed E-state index contributed by atoms with van der Waals surface area (Å²) in [6.45, 7) is 0. The average molecular weight is 162 g/mol. The van der Waals surface area contributed by atoms with Crippen molar-refractivity contribution in [1.82, 2.24) is 4.40 Å². The molecule has 12 heavy (non-hydrogen) atoms. The normalized spacial score (nSPS) is 10.3. The Morgan fingerprint density at radius 3 is 2.92 bits per heavy atom. The fourth-order valence-corrected chi connectivity index (χ4v) is 1.13. The smallest absolute Gasteiger partial charge is 0.272 e. The summed E-state index contributed by atoms with van der Waals surface area (Å²) < 4.78 is 1.83. The lowest BCUT2D eigenvalue weighted by Crippen LogP contribution is -1.89. The van der Waals surface area contributed by atoms with Gasteiger partial charge >= 0.3 is 0 Å². The van der Waals surface area contributed by atoms with Crippen molar-refractivity contribution < 1.29 is 4.92 Å². The van der Waals surface area contributed by atoms with Gasteiger partial charge < -0.3 is 4.40 Å². The van der Waals surface area contributed by atoms with Crippen LogP contribution in [0.1, 0.15) is 0 Å². The molecule has 0 radical (unpaired) electrons. The van der Waals surface area contributed by atoms with Gasteiger partial charge in [-0.2, -0.15) is 0 Å². The maximum Gasteiger partial charge on any atom is 0.272 e. The molecule has 0 saturated heterocycles. The molecule has 60 valence electrons. The van der Waals surface area contributed by atoms with Crippen LogP contribution in [0.4, 0.5) is 5.69 Å². The highest BCUT2D eigenvalue weighted by molar-refractivity contribution is 5.53. The van der Waals surface area contributed by atoms with Crippen molar-refractivity contribution in [2.24, 2.45) is 0 Å². The number of fused-ring (bicyclic) bond motifs is 1. The van der Waals surface area contributed by atoms with Gasteiger partial charge in [-0.3, -0.25) is 10.1 Å². The topological polar surface area (TPSA) is 47.5 Å². The van der Waals surface area contributed by atoms with Crippen LogP contribution in [0.3, 0.4) is 0 Å². The van der Waals surface area contributed by atoms with Crippen molar-refractivity contribution in [2.45, 2.75) is 0 Å². The van der Waals surface area contributed by atoms with Crippen LogP contribution in [0.2, 0.25) is 0 Å². The molecule has 0 fully saturated rings. The molecule has 0 aliphatic heterocycles. The number of hydrogen-bond acceptors (Lipinski definition) is 2. The maximum absolute atomic E-state index is 10.4. The molecular formula is C8H6N2O2. The molecular weight excluding hydrogens is 156 g/mol. The van der Waals surface area contributed by atoms with E-state index in [1.54, 1.807) is 12.3 Å². The Hall–Kier alpha value is -1.84. The van der Waals surface area contributed by atoms with E-state index in [-0.39, 0.29) is 5.69 Å². The lowest BCUT2D eigenvalue weighted by Gasteiger charge is -1.93. The highest BCUT2D eigenvalue weighted by Gasteiger charge is 2.04. The molecule has 2 aromatic heterocycles. The monoisotopic (exact) mass is 162 g/mol. The predicted octanol–water partition coefficient (Wildman–Crippen LogP) is 1.85. The quantitative estimate of drug-likeness (QED) is 0.474. The zero-order chi connectivity index (χ0) is 8.55. The van der Waals surface area contributed by atoms with Gasteiger partial charge in [-0.1, -0.05) is 0 Å². The fourth-order valence-electron chi connectivity index (χ4n) is 1.13. The molecule has 0 N–H and O–H groups in total. The molecule has 4 heteroatoms. The van der Waals surface area contributed by atoms with Gasteiger partial charge in [-0.25, -0.2) is 0 Å². The first-order valence-electron chi connectivity index (χ1n) is 3.48. The third-order valence-corrected chi connectivity index (χ3v) is 1.72. The number of aromatic nitrogens is 1. The summed E-state index contributed by atoms with van der Waals surface area (Å²) in [5.74, 6) is 0. The van der Waals surface area contributed by atoms with Crippen molar-refractivity contribution in [1.29, 1.82) is 0 Å². The molecule has 0 atom stereocenters. The summed E-state index contributed by atoms with van der Waals surface area (Å²) in [5.41, 5.74) is 0.963. The molecule has 0 bridgehead atoms. The molecule has 2 rings (SSSR count). The van der Waals surface area contributed by atoms with Gasteiger partial charge in [0, 0.05) is 24.5 Å². The van der Waals surface area contributed by atoms with E-state index in [0.717, 1.165) is 5.52 Å². The Balaban J connectivity index is 2.68. The Bertz CT molecular complexity index is 433. The van der Waals surface area contributed by atoms with Crippen molar-refractivity contribution in [2.75, 3.05) is 0 Å². The molecule has 0 amide bonds. The minimum atomic E-state index is -0.396. The third kappa shape index (κ3) is 0.934. The second-order valence-corrected chi connectivity index (χ2v) is 2.48. The summed E-state index contributed by atoms with van der Waals surface area (Å²) in [7, 11) is 0. The average Bonchev–Trinajstić information content (AvgIpc) is 2.49. The summed E-state index contributed by atoms with van der Waals surface area (Å²) in [4.78, 5) is 9.97. The molecule has 0 aliphatic rings. The molecule has 0 saturated carbocycles. The van der Waals surface area contributed by atoms with Gasteiger partial charge in [0.25, 0.3) is 5.69 Å². The van der Waals surface area contributed by atoms with E-state index in [1.807, 2.05) is 22.7 Å². The van der Waals surface area contributed by atoms with Crippen molar-refractivity contribution in [3.63, 3.8) is 0 Å². The molecule has 0 spiro atoms. The van der Waals surface area contributed by atoms with Crippen LogP contribution in [0.5, 0.6) is 0 Å². The molecule has 4 nitrogen and oxygen atoms in total. The van der Waals surface area contributed by atoms with Crippen molar-refractivity contribution in [3.05, 3.63) is 46.8 Å². The fraction of sp³-hybridized carbons (Fsp3) is 0. The lowest BCUT2D eigenvalue weighted by molar-refractivity contribution is -0.384. The van der Waals surface area contributed by atoms with Crippen molar-refractivity contribution >= 4 is 11.2 Å². The minimum Gasteiger partial charge on any atom is -0.323 e. The second kappa shape index (κ2) is 2.34. The van der Waals surface area contributed by atoms with Gasteiger partial charge in [0.1, 0.15) is 0 Å². The summed E-state index contributed by atoms with van der Waals surface area (Å²) >= 11 is 0. The van der Waals surface area contributed by atoms with Crippen LogP contribution in [0.15, 0.2) is 36.7 Å². The van der Waals surface area contributed by atoms with E-state index in [1.165, 1.54) is 6.07 Å². The zero-order valence-corrected chi connectivity index (χ0v) is 6.18. The first-order valence-corrected chi connectivity index (χ1v) is 3.48. The number of nitro groups is 1. The highest BCUT2D eigenvalue weighted by atomic mass is 16.6. The van der Waals surface area contributed by atoms with E-state index in [4.69, 9.17) is 0 Å². The lowest BCUT2D eigenvalue weighted by atomic mass is 10.3. The Labute approximate surface area is 68.2 Å². The number of hydrogen-bond donors (Lipinski definition) is 0. The number of pyridine rings is 1. The van der Waals surface area contributed by atoms with Crippen LogP contribution in [-0.4, -0.2) is 9.32 Å². The van der Waals surface area contributed by atoms with E-state index < -0.39 is 4.92 Å². The van der Waals surface area contributed by atoms with Crippen LogP contribution < -0.4 is 0 Å². The molecule has 0 aliphatic carbocycles. The largest absolute Gasteiger partial charge is 0.323 e. The Morgan fingerprint density at radius 1 is 1.33 bits per heavy atom. The van der Waals surface area contributed by atoms with Crippen LogP contribution in [0.25, 0.3) is 5.52 Å². The van der Waals surface area contributed by atoms with Crippen molar-refractivity contribution in [3.8, 4) is 0 Å². The van der Waals surface area contributed by atoms with E-state index >= 15 is 0 Å². The highest BCUT2D eigenvalue weighted by Crippen LogP contribution is 2.14. The van der Waals surface area contributed by atoms with E-state index in [9.17, 15) is 10.1 Å². The zero-order valence-electron chi connectivity index (χ0n) is 6.18. The second-order valence-electron chi connectivity index (χ2n) is 2.48. The van der Waals surface area contributed by atoms with Gasteiger partial charge in [0.05, 0.1) is 10.4 Å².